The normalized spacial score (nSPS) is 23.7. The van der Waals surface area contributed by atoms with Gasteiger partial charge in [0.25, 0.3) is 0 Å². The van der Waals surface area contributed by atoms with Gasteiger partial charge in [0.15, 0.2) is 0 Å². The number of amides is 3. The molecule has 0 bridgehead atoms. The molecule has 6 heteroatoms. The Morgan fingerprint density at radius 2 is 1.85 bits per heavy atom. The smallest absolute Gasteiger partial charge is 0.233 e. The second-order valence-corrected chi connectivity index (χ2v) is 7.75. The lowest BCUT2D eigenvalue weighted by Gasteiger charge is -2.26. The quantitative estimate of drug-likeness (QED) is 0.740. The molecule has 1 aromatic carbocycles. The molecule has 0 spiro atoms. The van der Waals surface area contributed by atoms with Crippen LogP contribution in [0.2, 0.25) is 5.02 Å². The highest BCUT2D eigenvalue weighted by Crippen LogP contribution is 2.38. The van der Waals surface area contributed by atoms with E-state index < -0.39 is 0 Å². The number of fused-ring (bicyclic) bond motifs is 1. The molecule has 140 valence electrons. The molecular weight excluding hydrogens is 352 g/mol. The van der Waals surface area contributed by atoms with E-state index in [9.17, 15) is 14.4 Å². The summed E-state index contributed by atoms with van der Waals surface area (Å²) in [6.45, 7) is 2.11. The van der Waals surface area contributed by atoms with E-state index in [4.69, 9.17) is 11.6 Å². The minimum Gasteiger partial charge on any atom is -0.339 e. The number of hydrogen-bond acceptors (Lipinski definition) is 3. The van der Waals surface area contributed by atoms with E-state index in [-0.39, 0.29) is 48.6 Å². The van der Waals surface area contributed by atoms with Gasteiger partial charge in [0.05, 0.1) is 17.9 Å². The summed E-state index contributed by atoms with van der Waals surface area (Å²) in [4.78, 5) is 40.5. The van der Waals surface area contributed by atoms with E-state index in [1.54, 1.807) is 18.0 Å². The van der Waals surface area contributed by atoms with Gasteiger partial charge in [-0.1, -0.05) is 36.6 Å². The molecule has 1 aliphatic heterocycles. The summed E-state index contributed by atoms with van der Waals surface area (Å²) in [6.07, 6.45) is 3.76. The van der Waals surface area contributed by atoms with Crippen LogP contribution in [0.3, 0.4) is 0 Å². The van der Waals surface area contributed by atoms with E-state index in [0.29, 0.717) is 5.02 Å². The maximum Gasteiger partial charge on any atom is 0.233 e. The second-order valence-electron chi connectivity index (χ2n) is 7.31. The van der Waals surface area contributed by atoms with Crippen LogP contribution in [-0.4, -0.2) is 41.1 Å². The summed E-state index contributed by atoms with van der Waals surface area (Å²) in [7, 11) is 1.74. The minimum absolute atomic E-state index is 0.0851. The van der Waals surface area contributed by atoms with Crippen LogP contribution in [0.25, 0.3) is 0 Å². The molecule has 1 saturated heterocycles. The fourth-order valence-corrected chi connectivity index (χ4v) is 4.24. The Bertz CT molecular complexity index is 697. The molecular formula is C20H25ClN2O3. The Morgan fingerprint density at radius 3 is 2.42 bits per heavy atom. The standard InChI is InChI=1S/C20H25ClN2O3/c1-13(14-6-5-7-15(21)12-14)22(2)18(24)10-11-23-19(25)16-8-3-4-9-17(16)20(23)26/h5-7,12-13,16-17H,3-4,8-11H2,1-2H3. The number of benzene rings is 1. The zero-order valence-electron chi connectivity index (χ0n) is 15.3. The third-order valence-electron chi connectivity index (χ3n) is 5.79. The van der Waals surface area contributed by atoms with Crippen LogP contribution in [0.5, 0.6) is 0 Å². The predicted octanol–water partition coefficient (Wildman–Crippen LogP) is 3.42. The molecule has 0 N–H and O–H groups in total. The molecule has 1 saturated carbocycles. The van der Waals surface area contributed by atoms with Crippen LogP contribution >= 0.6 is 11.6 Å². The van der Waals surface area contributed by atoms with E-state index in [2.05, 4.69) is 0 Å². The van der Waals surface area contributed by atoms with Gasteiger partial charge in [-0.25, -0.2) is 0 Å². The minimum atomic E-state index is -0.158. The Labute approximate surface area is 159 Å². The van der Waals surface area contributed by atoms with Gasteiger partial charge in [-0.3, -0.25) is 19.3 Å². The molecule has 1 heterocycles. The predicted molar refractivity (Wildman–Crippen MR) is 99.4 cm³/mol. The lowest BCUT2D eigenvalue weighted by Crippen LogP contribution is -2.36. The van der Waals surface area contributed by atoms with Crippen LogP contribution < -0.4 is 0 Å². The van der Waals surface area contributed by atoms with E-state index in [1.165, 1.54) is 4.90 Å². The highest BCUT2D eigenvalue weighted by molar-refractivity contribution is 6.30. The Hall–Kier alpha value is -1.88. The van der Waals surface area contributed by atoms with Crippen LogP contribution in [0.15, 0.2) is 24.3 Å². The van der Waals surface area contributed by atoms with Crippen molar-refractivity contribution in [3.63, 3.8) is 0 Å². The van der Waals surface area contributed by atoms with Gasteiger partial charge in [0.2, 0.25) is 17.7 Å². The van der Waals surface area contributed by atoms with Crippen molar-refractivity contribution in [2.45, 2.75) is 45.1 Å². The lowest BCUT2D eigenvalue weighted by atomic mass is 9.81. The van der Waals surface area contributed by atoms with Gasteiger partial charge < -0.3 is 4.90 Å². The van der Waals surface area contributed by atoms with Gasteiger partial charge in [-0.15, -0.1) is 0 Å². The van der Waals surface area contributed by atoms with Crippen LogP contribution in [0.1, 0.15) is 50.6 Å². The van der Waals surface area contributed by atoms with Gasteiger partial charge in [0.1, 0.15) is 0 Å². The van der Waals surface area contributed by atoms with E-state index in [0.717, 1.165) is 31.2 Å². The van der Waals surface area contributed by atoms with Crippen molar-refractivity contribution in [1.29, 1.82) is 0 Å². The molecule has 2 aliphatic rings. The Balaban J connectivity index is 1.59. The first-order valence-corrected chi connectivity index (χ1v) is 9.64. The molecule has 1 aliphatic carbocycles. The van der Waals surface area contributed by atoms with Gasteiger partial charge in [-0.05, 0) is 37.5 Å². The Morgan fingerprint density at radius 1 is 1.23 bits per heavy atom. The van der Waals surface area contributed by atoms with Crippen LogP contribution in [0, 0.1) is 11.8 Å². The lowest BCUT2D eigenvalue weighted by molar-refractivity contribution is -0.141. The number of rotatable bonds is 5. The van der Waals surface area contributed by atoms with E-state index >= 15 is 0 Å². The monoisotopic (exact) mass is 376 g/mol. The van der Waals surface area contributed by atoms with E-state index in [1.807, 2.05) is 25.1 Å². The maximum absolute atomic E-state index is 12.6. The highest BCUT2D eigenvalue weighted by atomic mass is 35.5. The third-order valence-corrected chi connectivity index (χ3v) is 6.02. The summed E-state index contributed by atoms with van der Waals surface area (Å²) in [5.74, 6) is -0.576. The molecule has 3 amide bonds. The molecule has 0 radical (unpaired) electrons. The number of likely N-dealkylation sites (tertiary alicyclic amines) is 1. The third kappa shape index (κ3) is 3.63. The second kappa shape index (κ2) is 7.78. The average molecular weight is 377 g/mol. The summed E-state index contributed by atoms with van der Waals surface area (Å²) in [5, 5.41) is 0.631. The topological polar surface area (TPSA) is 57.7 Å². The fourth-order valence-electron chi connectivity index (χ4n) is 4.04. The van der Waals surface area contributed by atoms with Crippen LogP contribution in [0.4, 0.5) is 0 Å². The molecule has 0 aromatic heterocycles. The van der Waals surface area contributed by atoms with Crippen molar-refractivity contribution in [2.24, 2.45) is 11.8 Å². The largest absolute Gasteiger partial charge is 0.339 e. The van der Waals surface area contributed by atoms with Crippen molar-refractivity contribution in [2.75, 3.05) is 13.6 Å². The molecule has 3 rings (SSSR count). The van der Waals surface area contributed by atoms with Gasteiger partial charge in [0, 0.05) is 25.0 Å². The summed E-state index contributed by atoms with van der Waals surface area (Å²) in [5.41, 5.74) is 0.952. The van der Waals surface area contributed by atoms with Gasteiger partial charge in [-0.2, -0.15) is 0 Å². The first-order valence-electron chi connectivity index (χ1n) is 9.26. The number of carbonyl (C=O) groups excluding carboxylic acids is 3. The highest BCUT2D eigenvalue weighted by Gasteiger charge is 2.47. The van der Waals surface area contributed by atoms with Crippen molar-refractivity contribution >= 4 is 29.3 Å². The first-order chi connectivity index (χ1) is 12.4. The average Bonchev–Trinajstić information content (AvgIpc) is 2.89. The van der Waals surface area contributed by atoms with Crippen molar-refractivity contribution in [3.8, 4) is 0 Å². The zero-order chi connectivity index (χ0) is 18.8. The van der Waals surface area contributed by atoms with Crippen molar-refractivity contribution in [1.82, 2.24) is 9.80 Å². The summed E-state index contributed by atoms with van der Waals surface area (Å²) >= 11 is 6.03. The summed E-state index contributed by atoms with van der Waals surface area (Å²) < 4.78 is 0. The number of carbonyl (C=O) groups is 3. The molecule has 2 fully saturated rings. The Kier molecular flexibility index (Phi) is 5.66. The number of halogens is 1. The number of nitrogens with zero attached hydrogens (tertiary/aromatic N) is 2. The molecule has 3 atom stereocenters. The fraction of sp³-hybridized carbons (Fsp3) is 0.550. The molecule has 1 aromatic rings. The molecule has 3 unspecified atom stereocenters. The summed E-state index contributed by atoms with van der Waals surface area (Å²) in [6, 6.07) is 7.29. The molecule has 5 nitrogen and oxygen atoms in total. The van der Waals surface area contributed by atoms with Crippen molar-refractivity contribution < 1.29 is 14.4 Å². The number of hydrogen-bond donors (Lipinski definition) is 0. The van der Waals surface area contributed by atoms with Crippen LogP contribution in [-0.2, 0) is 14.4 Å². The first kappa shape index (κ1) is 18.9. The van der Waals surface area contributed by atoms with Crippen molar-refractivity contribution in [3.05, 3.63) is 34.9 Å². The molecule has 26 heavy (non-hydrogen) atoms. The SMILES string of the molecule is CC(c1cccc(Cl)c1)N(C)C(=O)CCN1C(=O)C2CCCCC2C1=O. The maximum atomic E-state index is 12.6. The van der Waals surface area contributed by atoms with Gasteiger partial charge >= 0.3 is 0 Å². The number of imide groups is 1. The zero-order valence-corrected chi connectivity index (χ0v) is 16.0.